The molecule has 0 radical (unpaired) electrons. The van der Waals surface area contributed by atoms with E-state index in [1.807, 2.05) is 24.5 Å². The molecule has 0 aromatic heterocycles. The van der Waals surface area contributed by atoms with Gasteiger partial charge >= 0.3 is 5.97 Å². The summed E-state index contributed by atoms with van der Waals surface area (Å²) in [6.07, 6.45) is 2.08. The number of halogens is 1. The molecule has 2 nitrogen and oxygen atoms in total. The van der Waals surface area contributed by atoms with Crippen LogP contribution in [0.25, 0.3) is 0 Å². The van der Waals surface area contributed by atoms with Crippen LogP contribution in [0.15, 0.2) is 23.1 Å². The molecule has 0 heterocycles. The average molecular weight is 308 g/mol. The second kappa shape index (κ2) is 4.85. The van der Waals surface area contributed by atoms with Crippen LogP contribution in [-0.4, -0.2) is 17.3 Å². The highest BCUT2D eigenvalue weighted by molar-refractivity contribution is 14.1. The largest absolute Gasteiger partial charge is 0.481 e. The Morgan fingerprint density at radius 3 is 2.85 bits per heavy atom. The zero-order chi connectivity index (χ0) is 9.84. The number of rotatable bonds is 3. The number of aliphatic carboxylic acids is 1. The van der Waals surface area contributed by atoms with Crippen molar-refractivity contribution in [3.8, 4) is 0 Å². The maximum atomic E-state index is 10.5. The minimum absolute atomic E-state index is 0.104. The maximum absolute atomic E-state index is 10.5. The summed E-state index contributed by atoms with van der Waals surface area (Å²) in [5, 5.41) is 8.64. The molecule has 1 aromatic carbocycles. The van der Waals surface area contributed by atoms with Crippen molar-refractivity contribution < 1.29 is 9.90 Å². The van der Waals surface area contributed by atoms with E-state index in [1.165, 1.54) is 0 Å². The second-order valence-electron chi connectivity index (χ2n) is 2.53. The molecule has 0 aliphatic heterocycles. The molecule has 0 amide bonds. The van der Waals surface area contributed by atoms with Crippen molar-refractivity contribution in [1.82, 2.24) is 0 Å². The van der Waals surface area contributed by atoms with E-state index in [-0.39, 0.29) is 6.42 Å². The van der Waals surface area contributed by atoms with Crippen molar-refractivity contribution in [3.63, 3.8) is 0 Å². The van der Waals surface area contributed by atoms with Gasteiger partial charge in [0.25, 0.3) is 0 Å². The van der Waals surface area contributed by atoms with E-state index in [4.69, 9.17) is 5.11 Å². The highest BCUT2D eigenvalue weighted by Crippen LogP contribution is 2.21. The van der Waals surface area contributed by atoms with Crippen molar-refractivity contribution in [2.45, 2.75) is 11.3 Å². The molecule has 0 spiro atoms. The van der Waals surface area contributed by atoms with E-state index in [1.54, 1.807) is 11.8 Å². The Labute approximate surface area is 94.9 Å². The Balaban J connectivity index is 2.96. The van der Waals surface area contributed by atoms with Crippen LogP contribution >= 0.6 is 34.4 Å². The van der Waals surface area contributed by atoms with Crippen LogP contribution in [0.3, 0.4) is 0 Å². The molecular formula is C9H9IO2S. The second-order valence-corrected chi connectivity index (χ2v) is 4.57. The minimum Gasteiger partial charge on any atom is -0.481 e. The smallest absolute Gasteiger partial charge is 0.307 e. The summed E-state index contributed by atoms with van der Waals surface area (Å²) in [6, 6.07) is 5.88. The van der Waals surface area contributed by atoms with E-state index < -0.39 is 5.97 Å². The molecule has 70 valence electrons. The van der Waals surface area contributed by atoms with Gasteiger partial charge in [0.15, 0.2) is 0 Å². The van der Waals surface area contributed by atoms with Gasteiger partial charge in [-0.2, -0.15) is 0 Å². The summed E-state index contributed by atoms with van der Waals surface area (Å²) in [5.41, 5.74) is 0.889. The summed E-state index contributed by atoms with van der Waals surface area (Å²) >= 11 is 3.78. The van der Waals surface area contributed by atoms with Gasteiger partial charge in [-0.15, -0.1) is 11.8 Å². The first kappa shape index (κ1) is 10.8. The number of hydrogen-bond acceptors (Lipinski definition) is 2. The first-order chi connectivity index (χ1) is 6.13. The van der Waals surface area contributed by atoms with Gasteiger partial charge in [0.1, 0.15) is 0 Å². The van der Waals surface area contributed by atoms with E-state index in [9.17, 15) is 4.79 Å². The Bertz CT molecular complexity index is 325. The van der Waals surface area contributed by atoms with E-state index in [2.05, 4.69) is 22.6 Å². The zero-order valence-corrected chi connectivity index (χ0v) is 10.1. The lowest BCUT2D eigenvalue weighted by atomic mass is 10.2. The van der Waals surface area contributed by atoms with Crippen molar-refractivity contribution >= 4 is 40.3 Å². The molecule has 0 saturated heterocycles. The molecular weight excluding hydrogens is 299 g/mol. The fraction of sp³-hybridized carbons (Fsp3) is 0.222. The quantitative estimate of drug-likeness (QED) is 0.689. The monoisotopic (exact) mass is 308 g/mol. The van der Waals surface area contributed by atoms with Gasteiger partial charge in [-0.1, -0.05) is 0 Å². The van der Waals surface area contributed by atoms with Crippen molar-refractivity contribution in [3.05, 3.63) is 27.3 Å². The Morgan fingerprint density at radius 1 is 1.62 bits per heavy atom. The average Bonchev–Trinajstić information content (AvgIpc) is 2.08. The third kappa shape index (κ3) is 3.19. The molecule has 0 fully saturated rings. The SMILES string of the molecule is CSc1ccc(I)c(CC(=O)O)c1. The van der Waals surface area contributed by atoms with Crippen LogP contribution in [0.5, 0.6) is 0 Å². The van der Waals surface area contributed by atoms with Gasteiger partial charge < -0.3 is 5.11 Å². The predicted molar refractivity (Wildman–Crippen MR) is 62.3 cm³/mol. The Hall–Kier alpha value is -0.230. The fourth-order valence-corrected chi connectivity index (χ4v) is 1.97. The molecule has 1 N–H and O–H groups in total. The maximum Gasteiger partial charge on any atom is 0.307 e. The molecule has 0 bridgehead atoms. The van der Waals surface area contributed by atoms with Crippen LogP contribution in [0, 0.1) is 3.57 Å². The highest BCUT2D eigenvalue weighted by Gasteiger charge is 2.05. The number of carbonyl (C=O) groups is 1. The molecule has 0 atom stereocenters. The summed E-state index contributed by atoms with van der Waals surface area (Å²) in [5.74, 6) is -0.781. The Kier molecular flexibility index (Phi) is 4.05. The number of benzene rings is 1. The normalized spacial score (nSPS) is 10.0. The summed E-state index contributed by atoms with van der Waals surface area (Å²) in [4.78, 5) is 11.6. The number of thioether (sulfide) groups is 1. The molecule has 4 heteroatoms. The first-order valence-electron chi connectivity index (χ1n) is 3.67. The lowest BCUT2D eigenvalue weighted by Gasteiger charge is -2.03. The Morgan fingerprint density at radius 2 is 2.31 bits per heavy atom. The molecule has 0 saturated carbocycles. The van der Waals surface area contributed by atoms with E-state index >= 15 is 0 Å². The van der Waals surface area contributed by atoms with Crippen molar-refractivity contribution in [2.75, 3.05) is 6.26 Å². The highest BCUT2D eigenvalue weighted by atomic mass is 127. The lowest BCUT2D eigenvalue weighted by molar-refractivity contribution is -0.136. The van der Waals surface area contributed by atoms with Gasteiger partial charge in [0, 0.05) is 8.47 Å². The third-order valence-electron chi connectivity index (χ3n) is 1.59. The van der Waals surface area contributed by atoms with Gasteiger partial charge in [0.2, 0.25) is 0 Å². The van der Waals surface area contributed by atoms with E-state index in [0.29, 0.717) is 0 Å². The van der Waals surface area contributed by atoms with Gasteiger partial charge in [0.05, 0.1) is 6.42 Å². The van der Waals surface area contributed by atoms with Crippen LogP contribution in [0.1, 0.15) is 5.56 Å². The number of carboxylic acids is 1. The first-order valence-corrected chi connectivity index (χ1v) is 5.98. The molecule has 0 aliphatic rings. The molecule has 13 heavy (non-hydrogen) atoms. The molecule has 0 unspecified atom stereocenters. The third-order valence-corrected chi connectivity index (χ3v) is 3.37. The zero-order valence-electron chi connectivity index (χ0n) is 7.08. The fourth-order valence-electron chi connectivity index (χ4n) is 0.976. The molecule has 0 aliphatic carbocycles. The minimum atomic E-state index is -0.781. The summed E-state index contributed by atoms with van der Waals surface area (Å²) in [7, 11) is 0. The van der Waals surface area contributed by atoms with Crippen molar-refractivity contribution in [2.24, 2.45) is 0 Å². The van der Waals surface area contributed by atoms with Crippen LogP contribution in [-0.2, 0) is 11.2 Å². The lowest BCUT2D eigenvalue weighted by Crippen LogP contribution is -2.01. The van der Waals surface area contributed by atoms with Crippen LogP contribution < -0.4 is 0 Å². The molecule has 1 rings (SSSR count). The molecule has 1 aromatic rings. The number of carboxylic acid groups (broad SMARTS) is 1. The number of hydrogen-bond donors (Lipinski definition) is 1. The van der Waals surface area contributed by atoms with Gasteiger partial charge in [-0.05, 0) is 52.6 Å². The van der Waals surface area contributed by atoms with Crippen molar-refractivity contribution in [1.29, 1.82) is 0 Å². The van der Waals surface area contributed by atoms with Gasteiger partial charge in [-0.25, -0.2) is 0 Å². The summed E-state index contributed by atoms with van der Waals surface area (Å²) < 4.78 is 1.01. The van der Waals surface area contributed by atoms with E-state index in [0.717, 1.165) is 14.0 Å². The van der Waals surface area contributed by atoms with Gasteiger partial charge in [-0.3, -0.25) is 4.79 Å². The standard InChI is InChI=1S/C9H9IO2S/c1-13-7-2-3-8(10)6(4-7)5-9(11)12/h2-4H,5H2,1H3,(H,11,12). The topological polar surface area (TPSA) is 37.3 Å². The van der Waals surface area contributed by atoms with Crippen LogP contribution in [0.4, 0.5) is 0 Å². The van der Waals surface area contributed by atoms with Crippen LogP contribution in [0.2, 0.25) is 0 Å². The summed E-state index contributed by atoms with van der Waals surface area (Å²) in [6.45, 7) is 0. The predicted octanol–water partition coefficient (Wildman–Crippen LogP) is 2.64.